The molecule has 11 nitrogen and oxygen atoms in total. The normalized spacial score (nSPS) is 30.7. The van der Waals surface area contributed by atoms with E-state index in [9.17, 15) is 29.7 Å². The number of likely N-dealkylation sites (N-methyl/N-ethyl adjacent to an activating group) is 1. The number of nitrogens with one attached hydrogen (secondary N) is 2. The number of carbonyl (C=O) groups is 3. The van der Waals surface area contributed by atoms with Crippen LogP contribution >= 0.6 is 15.9 Å². The standard InChI is InChI=1S/C35H43BrN4O7/c1-33(2)34(3,32(45)46)13-14-35(33)31(44)40-26(16-28(41)27(40)19-47-35)29(42)38-25(15-21-17-37-24-12-8-6-10-22(21)24)30(43)39(4)18-20-9-5-7-11-23(20)36/h5-12,17,25-28,31,37,41,44H,13-16,18-19H2,1-4H3,(H,38,42)(H,45,46)/t25?,26?,27?,28-,31+,34+,35-/m1/s1. The molecule has 0 radical (unpaired) electrons. The topological polar surface area (TPSA) is 155 Å². The molecule has 12 heteroatoms. The predicted molar refractivity (Wildman–Crippen MR) is 178 cm³/mol. The highest BCUT2D eigenvalue weighted by Crippen LogP contribution is 2.63. The van der Waals surface area contributed by atoms with Gasteiger partial charge in [-0.25, -0.2) is 0 Å². The minimum atomic E-state index is -1.36. The molecule has 3 fully saturated rings. The molecule has 6 rings (SSSR count). The van der Waals surface area contributed by atoms with Crippen LogP contribution in [0.4, 0.5) is 0 Å². The second-order valence-electron chi connectivity index (χ2n) is 14.1. The maximum atomic E-state index is 14.2. The lowest BCUT2D eigenvalue weighted by Crippen LogP contribution is -2.70. The monoisotopic (exact) mass is 710 g/mol. The van der Waals surface area contributed by atoms with Crippen molar-refractivity contribution in [2.45, 2.75) is 89.1 Å². The highest BCUT2D eigenvalue weighted by Gasteiger charge is 2.71. The Morgan fingerprint density at radius 3 is 2.49 bits per heavy atom. The summed E-state index contributed by atoms with van der Waals surface area (Å²) in [5, 5.41) is 37.2. The molecule has 1 spiro atoms. The van der Waals surface area contributed by atoms with E-state index in [-0.39, 0.29) is 38.2 Å². The summed E-state index contributed by atoms with van der Waals surface area (Å²) in [4.78, 5) is 47.2. The molecule has 2 aliphatic heterocycles. The molecule has 7 atom stereocenters. The van der Waals surface area contributed by atoms with Crippen molar-refractivity contribution in [3.8, 4) is 0 Å². The number of aliphatic hydroxyl groups excluding tert-OH is 2. The van der Waals surface area contributed by atoms with Gasteiger partial charge in [0.1, 0.15) is 17.9 Å². The zero-order valence-electron chi connectivity index (χ0n) is 27.1. The molecule has 47 heavy (non-hydrogen) atoms. The number of morpholine rings is 1. The van der Waals surface area contributed by atoms with Gasteiger partial charge < -0.3 is 35.3 Å². The summed E-state index contributed by atoms with van der Waals surface area (Å²) < 4.78 is 7.19. The minimum Gasteiger partial charge on any atom is -0.481 e. The maximum Gasteiger partial charge on any atom is 0.310 e. The van der Waals surface area contributed by atoms with Gasteiger partial charge in [0.15, 0.2) is 0 Å². The molecule has 2 amide bonds. The summed E-state index contributed by atoms with van der Waals surface area (Å²) in [6.07, 6.45) is 0.337. The third kappa shape index (κ3) is 5.38. The van der Waals surface area contributed by atoms with E-state index in [1.807, 2.05) is 54.7 Å². The van der Waals surface area contributed by atoms with Crippen molar-refractivity contribution in [1.29, 1.82) is 0 Å². The fourth-order valence-electron chi connectivity index (χ4n) is 8.10. The Morgan fingerprint density at radius 1 is 1.09 bits per heavy atom. The number of fused-ring (bicyclic) bond motifs is 2. The molecule has 3 aliphatic rings. The summed E-state index contributed by atoms with van der Waals surface area (Å²) >= 11 is 3.56. The first-order valence-corrected chi connectivity index (χ1v) is 16.9. The lowest BCUT2D eigenvalue weighted by Gasteiger charge is -2.56. The molecular weight excluding hydrogens is 668 g/mol. The van der Waals surface area contributed by atoms with E-state index in [1.54, 1.807) is 37.6 Å². The first-order chi connectivity index (χ1) is 22.2. The molecule has 2 saturated heterocycles. The smallest absolute Gasteiger partial charge is 0.310 e. The number of H-pyrrole nitrogens is 1. The largest absolute Gasteiger partial charge is 0.481 e. The third-order valence-corrected chi connectivity index (χ3v) is 12.3. The Hall–Kier alpha value is -3.29. The van der Waals surface area contributed by atoms with Gasteiger partial charge in [0.05, 0.1) is 30.2 Å². The maximum absolute atomic E-state index is 14.2. The van der Waals surface area contributed by atoms with E-state index in [4.69, 9.17) is 4.74 Å². The average molecular weight is 712 g/mol. The number of nitrogens with zero attached hydrogens (tertiary/aromatic N) is 2. The molecule has 3 heterocycles. The van der Waals surface area contributed by atoms with Crippen molar-refractivity contribution in [1.82, 2.24) is 20.1 Å². The van der Waals surface area contributed by atoms with Crippen molar-refractivity contribution in [2.75, 3.05) is 13.7 Å². The minimum absolute atomic E-state index is 0.0322. The van der Waals surface area contributed by atoms with Gasteiger partial charge >= 0.3 is 5.97 Å². The zero-order valence-corrected chi connectivity index (χ0v) is 28.7. The number of carboxylic acids is 1. The highest BCUT2D eigenvalue weighted by molar-refractivity contribution is 9.10. The van der Waals surface area contributed by atoms with Gasteiger partial charge in [-0.2, -0.15) is 0 Å². The van der Waals surface area contributed by atoms with Crippen LogP contribution in [0.3, 0.4) is 0 Å². The molecular formula is C35H43BrN4O7. The molecule has 5 N–H and O–H groups in total. The van der Waals surface area contributed by atoms with Crippen LogP contribution in [0.5, 0.6) is 0 Å². The van der Waals surface area contributed by atoms with E-state index in [0.717, 1.165) is 26.5 Å². The van der Waals surface area contributed by atoms with Gasteiger partial charge in [0.25, 0.3) is 0 Å². The molecule has 3 unspecified atom stereocenters. The van der Waals surface area contributed by atoms with Crippen molar-refractivity contribution < 1.29 is 34.4 Å². The summed E-state index contributed by atoms with van der Waals surface area (Å²) in [5.74, 6) is -1.76. The lowest BCUT2D eigenvalue weighted by atomic mass is 9.62. The van der Waals surface area contributed by atoms with Crippen molar-refractivity contribution in [2.24, 2.45) is 10.8 Å². The van der Waals surface area contributed by atoms with Crippen LogP contribution in [-0.4, -0.2) is 97.6 Å². The van der Waals surface area contributed by atoms with Crippen LogP contribution in [0.1, 0.15) is 51.2 Å². The molecule has 1 saturated carbocycles. The number of para-hydroxylation sites is 1. The van der Waals surface area contributed by atoms with Gasteiger partial charge in [0.2, 0.25) is 11.8 Å². The zero-order chi connectivity index (χ0) is 33.9. The van der Waals surface area contributed by atoms with E-state index in [2.05, 4.69) is 26.2 Å². The van der Waals surface area contributed by atoms with Gasteiger partial charge in [-0.15, -0.1) is 0 Å². The molecule has 3 aromatic rings. The number of ether oxygens (including phenoxy) is 1. The number of aliphatic hydroxyl groups is 2. The van der Waals surface area contributed by atoms with Gasteiger partial charge in [-0.05, 0) is 49.4 Å². The van der Waals surface area contributed by atoms with Crippen LogP contribution < -0.4 is 5.32 Å². The van der Waals surface area contributed by atoms with Crippen molar-refractivity contribution >= 4 is 44.6 Å². The second-order valence-corrected chi connectivity index (χ2v) is 14.9. The fraction of sp³-hybridized carbons (Fsp3) is 0.514. The predicted octanol–water partition coefficient (Wildman–Crippen LogP) is 3.42. The number of aromatic amines is 1. The number of carboxylic acid groups (broad SMARTS) is 1. The van der Waals surface area contributed by atoms with E-state index < -0.39 is 58.8 Å². The Bertz CT molecular complexity index is 1690. The molecule has 1 aromatic heterocycles. The molecule has 2 aromatic carbocycles. The first-order valence-electron chi connectivity index (χ1n) is 16.1. The summed E-state index contributed by atoms with van der Waals surface area (Å²) in [6.45, 7) is 5.59. The third-order valence-electron chi connectivity index (χ3n) is 11.5. The Labute approximate surface area is 282 Å². The van der Waals surface area contributed by atoms with Crippen LogP contribution in [-0.2, 0) is 32.1 Å². The van der Waals surface area contributed by atoms with Crippen molar-refractivity contribution in [3.63, 3.8) is 0 Å². The van der Waals surface area contributed by atoms with Gasteiger partial charge in [-0.1, -0.05) is 66.2 Å². The number of hydrogen-bond donors (Lipinski definition) is 5. The summed E-state index contributed by atoms with van der Waals surface area (Å²) in [6, 6.07) is 12.8. The Balaban J connectivity index is 1.29. The first kappa shape index (κ1) is 33.6. The summed E-state index contributed by atoms with van der Waals surface area (Å²) in [5.41, 5.74) is -0.765. The quantitative estimate of drug-likeness (QED) is 0.238. The van der Waals surface area contributed by atoms with E-state index >= 15 is 0 Å². The van der Waals surface area contributed by atoms with Crippen molar-refractivity contribution in [3.05, 3.63) is 70.3 Å². The Morgan fingerprint density at radius 2 is 1.79 bits per heavy atom. The number of amides is 2. The molecule has 0 bridgehead atoms. The number of halogens is 1. The van der Waals surface area contributed by atoms with Crippen LogP contribution in [0.2, 0.25) is 0 Å². The second kappa shape index (κ2) is 12.3. The SMILES string of the molecule is CN(Cc1ccccc1Br)C(=O)C(Cc1c[nH]c2ccccc12)NC(=O)C1C[C@@H](O)C2CO[C@]3(CC[C@@](C)(C(=O)O)C3(C)C)[C@H](O)N12. The highest BCUT2D eigenvalue weighted by atomic mass is 79.9. The number of benzene rings is 2. The van der Waals surface area contributed by atoms with E-state index in [0.29, 0.717) is 6.54 Å². The average Bonchev–Trinajstić information content (AvgIpc) is 3.67. The van der Waals surface area contributed by atoms with Crippen LogP contribution in [0.15, 0.2) is 59.2 Å². The molecule has 1 aliphatic carbocycles. The van der Waals surface area contributed by atoms with E-state index in [1.165, 1.54) is 0 Å². The number of hydrogen-bond acceptors (Lipinski definition) is 7. The fourth-order valence-corrected chi connectivity index (χ4v) is 8.51. The lowest BCUT2D eigenvalue weighted by molar-refractivity contribution is -0.280. The molecule has 252 valence electrons. The Kier molecular flexibility index (Phi) is 8.80. The summed E-state index contributed by atoms with van der Waals surface area (Å²) in [7, 11) is 1.70. The number of carbonyl (C=O) groups excluding carboxylic acids is 2. The van der Waals surface area contributed by atoms with Gasteiger partial charge in [-0.3, -0.25) is 19.3 Å². The number of aliphatic carboxylic acids is 1. The number of rotatable bonds is 8. The van der Waals surface area contributed by atoms with Crippen LogP contribution in [0, 0.1) is 10.8 Å². The number of aromatic nitrogens is 1. The van der Waals surface area contributed by atoms with Gasteiger partial charge in [0, 0.05) is 47.0 Å². The van der Waals surface area contributed by atoms with Crippen LogP contribution in [0.25, 0.3) is 10.9 Å².